The van der Waals surface area contributed by atoms with Crippen molar-refractivity contribution in [2.45, 2.75) is 0 Å². The summed E-state index contributed by atoms with van der Waals surface area (Å²) in [5.74, 6) is 0. The van der Waals surface area contributed by atoms with Gasteiger partial charge in [-0.25, -0.2) is 0 Å². The van der Waals surface area contributed by atoms with E-state index in [9.17, 15) is 0 Å². The van der Waals surface area contributed by atoms with E-state index >= 15 is 0 Å². The summed E-state index contributed by atoms with van der Waals surface area (Å²) < 4.78 is 0. The molecule has 0 fully saturated rings. The molecular weight excluding hydrogens is 79.0 g/mol. The minimum absolute atomic E-state index is 0. The molecule has 0 aromatic carbocycles. The molecule has 0 unspecified atom stereocenters. The summed E-state index contributed by atoms with van der Waals surface area (Å²) in [4.78, 5) is 1.75. The van der Waals surface area contributed by atoms with E-state index in [4.69, 9.17) is 11.1 Å². The maximum absolute atomic E-state index is 6.86. The van der Waals surface area contributed by atoms with Crippen LogP contribution in [-0.4, -0.2) is 0 Å². The van der Waals surface area contributed by atoms with Gasteiger partial charge in [0.25, 0.3) is 0 Å². The molecule has 3 N–H and O–H groups in total. The smallest absolute Gasteiger partial charge is 0.693 e. The van der Waals surface area contributed by atoms with Crippen molar-refractivity contribution in [2.24, 2.45) is 0 Å². The Morgan fingerprint density at radius 1 is 1.60 bits per heavy atom. The molecule has 0 aliphatic carbocycles. The molecule has 0 aliphatic rings. The maximum Gasteiger partial charge on any atom is 1.00 e. The zero-order chi connectivity index (χ0) is 2.71. The van der Waals surface area contributed by atoms with Crippen LogP contribution in [0.2, 0.25) is 0 Å². The third kappa shape index (κ3) is 302. The molecule has 0 heterocycles. The van der Waals surface area contributed by atoms with Gasteiger partial charge in [-0.2, -0.15) is 0 Å². The van der Waals surface area contributed by atoms with Gasteiger partial charge >= 0.3 is 29.6 Å². The molecule has 0 aromatic heterocycles. The number of nitrogens with one attached hydrogen (secondary N) is 1. The molecule has 4 nitrogen and oxygen atoms in total. The first-order chi connectivity index (χ1) is 1.41. The third-order valence-electron chi connectivity index (χ3n) is 0. The summed E-state index contributed by atoms with van der Waals surface area (Å²) >= 11 is 0. The van der Waals surface area contributed by atoms with Gasteiger partial charge in [-0.15, -0.1) is 5.53 Å². The van der Waals surface area contributed by atoms with E-state index in [1.807, 2.05) is 0 Å². The fraction of sp³-hybridized carbons (Fsp3) is 0. The number of rotatable bonds is 0. The van der Waals surface area contributed by atoms with Gasteiger partial charge in [0.15, 0.2) is 0 Å². The third-order valence-corrected chi connectivity index (χ3v) is 0. The summed E-state index contributed by atoms with van der Waals surface area (Å²) in [6.07, 6.45) is 0. The summed E-state index contributed by atoms with van der Waals surface area (Å²) in [7, 11) is 0. The van der Waals surface area contributed by atoms with Crippen LogP contribution in [0.5, 0.6) is 0 Å². The van der Waals surface area contributed by atoms with Crippen molar-refractivity contribution in [3.05, 3.63) is 16.6 Å². The first kappa shape index (κ1) is 18.6. The monoisotopic (exact) mass is 82.0 g/mol. The number of nitrogens with two attached hydrogens (primary N) is 1. The molecule has 0 aliphatic heterocycles. The first-order valence-electron chi connectivity index (χ1n) is 0.424. The molecule has 0 amide bonds. The van der Waals surface area contributed by atoms with Crippen LogP contribution in [0.3, 0.4) is 0 Å². The molecule has 0 spiro atoms. The van der Waals surface area contributed by atoms with Crippen molar-refractivity contribution >= 4 is 0 Å². The molecule has 0 rings (SSSR count). The topological polar surface area (TPSA) is 93.8 Å². The Morgan fingerprint density at radius 3 is 1.60 bits per heavy atom. The predicted octanol–water partition coefficient (Wildman–Crippen LogP) is -1.40. The Hall–Kier alpha value is 0.270. The average molecular weight is 82.0 g/mol. The van der Waals surface area contributed by atoms with E-state index in [2.05, 4.69) is 0 Å². The molecule has 5 heavy (non-hydrogen) atoms. The van der Waals surface area contributed by atoms with Gasteiger partial charge in [0.05, 0.1) is 0 Å². The second-order valence-corrected chi connectivity index (χ2v) is 0.100. The molecule has 0 saturated carbocycles. The molecular formula is H3N4Na. The summed E-state index contributed by atoms with van der Waals surface area (Å²) in [6.45, 7) is 0. The Kier molecular flexibility index (Phi) is 106. The van der Waals surface area contributed by atoms with Crippen molar-refractivity contribution in [3.63, 3.8) is 0 Å². The van der Waals surface area contributed by atoms with Gasteiger partial charge < -0.3 is 6.15 Å². The van der Waals surface area contributed by atoms with Crippen LogP contribution < -0.4 is 29.6 Å². The molecule has 5 heteroatoms. The Balaban J connectivity index is -0.0000000200. The second kappa shape index (κ2) is 28.3. The van der Waals surface area contributed by atoms with Crippen molar-refractivity contribution in [1.29, 1.82) is 5.53 Å². The fourth-order valence-corrected chi connectivity index (χ4v) is 0. The largest absolute Gasteiger partial charge is 1.00 e. The Bertz CT molecular complexity index is 24.6. The minimum atomic E-state index is 0. The van der Waals surface area contributed by atoms with Crippen LogP contribution in [-0.2, 0) is 0 Å². The predicted molar refractivity (Wildman–Crippen MR) is 14.7 cm³/mol. The summed E-state index contributed by atoms with van der Waals surface area (Å²) in [5.41, 5.74) is 12.2. The second-order valence-electron chi connectivity index (χ2n) is 0.100. The standard InChI is InChI=1S/HN3.H2N.Na/c1-3-2;;/h1H;1H2;/q;-1;+1. The molecule has 0 bridgehead atoms. The first-order valence-corrected chi connectivity index (χ1v) is 0.424. The number of hydrogen-bond acceptors (Lipinski definition) is 1. The average Bonchev–Trinajstić information content (AvgIpc) is 0.918. The van der Waals surface area contributed by atoms with E-state index in [-0.39, 0.29) is 35.7 Å². The van der Waals surface area contributed by atoms with Gasteiger partial charge in [0, 0.05) is 0 Å². The van der Waals surface area contributed by atoms with Crippen molar-refractivity contribution in [1.82, 2.24) is 0 Å². The van der Waals surface area contributed by atoms with Gasteiger partial charge in [0.1, 0.15) is 0 Å². The molecule has 0 aromatic rings. The number of nitrogens with zero attached hydrogens (tertiary/aromatic N) is 2. The fourth-order valence-electron chi connectivity index (χ4n) is 0. The van der Waals surface area contributed by atoms with Crippen molar-refractivity contribution < 1.29 is 29.6 Å². The zero-order valence-corrected chi connectivity index (χ0v) is 4.97. The van der Waals surface area contributed by atoms with Crippen molar-refractivity contribution in [3.8, 4) is 0 Å². The van der Waals surface area contributed by atoms with E-state index in [0.717, 1.165) is 0 Å². The van der Waals surface area contributed by atoms with E-state index < -0.39 is 0 Å². The van der Waals surface area contributed by atoms with E-state index in [1.54, 1.807) is 4.91 Å². The minimum Gasteiger partial charge on any atom is -0.693 e. The molecule has 24 valence electrons. The van der Waals surface area contributed by atoms with Crippen LogP contribution >= 0.6 is 0 Å². The summed E-state index contributed by atoms with van der Waals surface area (Å²) in [5, 5.41) is 0. The van der Waals surface area contributed by atoms with Gasteiger partial charge in [-0.1, -0.05) is 0 Å². The Morgan fingerprint density at radius 2 is 1.60 bits per heavy atom. The van der Waals surface area contributed by atoms with Crippen LogP contribution in [0.15, 0.2) is 0 Å². The molecule has 0 saturated heterocycles. The van der Waals surface area contributed by atoms with Crippen LogP contribution in [0.1, 0.15) is 0 Å². The zero-order valence-electron chi connectivity index (χ0n) is 2.97. The summed E-state index contributed by atoms with van der Waals surface area (Å²) in [6, 6.07) is 0. The molecule has 0 radical (unpaired) electrons. The maximum atomic E-state index is 6.86. The van der Waals surface area contributed by atoms with Crippen molar-refractivity contribution in [2.75, 3.05) is 0 Å². The SMILES string of the molecule is [N-]=[N+]=N.[NH2-].[Na+]. The quantitative estimate of drug-likeness (QED) is 0.161. The van der Waals surface area contributed by atoms with E-state index in [0.29, 0.717) is 0 Å². The van der Waals surface area contributed by atoms with Crippen LogP contribution in [0.4, 0.5) is 0 Å². The van der Waals surface area contributed by atoms with Gasteiger partial charge in [-0.05, 0) is 10.4 Å². The van der Waals surface area contributed by atoms with E-state index in [1.165, 1.54) is 0 Å². The van der Waals surface area contributed by atoms with Gasteiger partial charge in [-0.3, -0.25) is 0 Å². The molecule has 0 atom stereocenters. The Labute approximate surface area is 51.8 Å². The van der Waals surface area contributed by atoms with Crippen LogP contribution in [0, 0.1) is 5.53 Å². The van der Waals surface area contributed by atoms with Crippen LogP contribution in [0.25, 0.3) is 16.6 Å². The van der Waals surface area contributed by atoms with Gasteiger partial charge in [0.2, 0.25) is 0 Å². The normalized spacial score (nSPS) is 1.60. The number of hydrogen-bond donors (Lipinski definition) is 1.